The van der Waals surface area contributed by atoms with E-state index in [2.05, 4.69) is 37.4 Å². The summed E-state index contributed by atoms with van der Waals surface area (Å²) >= 11 is 0. The maximum atomic E-state index is 5.93. The summed E-state index contributed by atoms with van der Waals surface area (Å²) in [6.07, 6.45) is 5.87. The average molecular weight is 250 g/mol. The Labute approximate surface area is 110 Å². The third-order valence-corrected chi connectivity index (χ3v) is 4.07. The molecule has 0 spiro atoms. The molecule has 0 amide bonds. The molecule has 2 unspecified atom stereocenters. The molecule has 0 bridgehead atoms. The first kappa shape index (κ1) is 13.6. The molecule has 4 nitrogen and oxygen atoms in total. The smallest absolute Gasteiger partial charge is 0.0641 e. The Morgan fingerprint density at radius 3 is 2.78 bits per heavy atom. The minimum Gasteiger partial charge on any atom is -0.329 e. The van der Waals surface area contributed by atoms with E-state index in [1.807, 2.05) is 11.7 Å². The zero-order chi connectivity index (χ0) is 13.3. The summed E-state index contributed by atoms with van der Waals surface area (Å²) < 4.78 is 1.87. The van der Waals surface area contributed by atoms with Gasteiger partial charge in [-0.15, -0.1) is 0 Å². The molecule has 1 aliphatic carbocycles. The fourth-order valence-electron chi connectivity index (χ4n) is 3.11. The van der Waals surface area contributed by atoms with Crippen molar-refractivity contribution in [2.24, 2.45) is 18.2 Å². The van der Waals surface area contributed by atoms with Crippen molar-refractivity contribution in [3.8, 4) is 0 Å². The Hall–Kier alpha value is -0.870. The fourth-order valence-corrected chi connectivity index (χ4v) is 3.11. The molecule has 18 heavy (non-hydrogen) atoms. The number of rotatable bonds is 4. The van der Waals surface area contributed by atoms with E-state index in [0.717, 1.165) is 5.69 Å². The topological polar surface area (TPSA) is 55.9 Å². The predicted octanol–water partition coefficient (Wildman–Crippen LogP) is 1.90. The molecule has 102 valence electrons. The third kappa shape index (κ3) is 2.93. The van der Waals surface area contributed by atoms with Crippen LogP contribution in [0.15, 0.2) is 6.20 Å². The summed E-state index contributed by atoms with van der Waals surface area (Å²) in [5.74, 6) is 0. The molecule has 3 N–H and O–H groups in total. The van der Waals surface area contributed by atoms with E-state index < -0.39 is 0 Å². The summed E-state index contributed by atoms with van der Waals surface area (Å²) in [5.41, 5.74) is 8.72. The van der Waals surface area contributed by atoms with Gasteiger partial charge in [-0.05, 0) is 31.6 Å². The van der Waals surface area contributed by atoms with Crippen molar-refractivity contribution in [1.82, 2.24) is 15.1 Å². The first-order valence-electron chi connectivity index (χ1n) is 6.87. The van der Waals surface area contributed by atoms with Crippen molar-refractivity contribution in [3.63, 3.8) is 0 Å². The quantitative estimate of drug-likeness (QED) is 0.858. The zero-order valence-electron chi connectivity index (χ0n) is 12.0. The Bertz CT molecular complexity index is 408. The molecule has 0 aliphatic heterocycles. The molecule has 1 aliphatic rings. The standard InChI is InChI=1S/C14H26N4/c1-10-12(9-18(4)17-10)13(8-15)16-11-5-6-14(2,3)7-11/h9,11,13,16H,5-8,15H2,1-4H3. The highest BCUT2D eigenvalue weighted by atomic mass is 15.3. The molecule has 1 fully saturated rings. The van der Waals surface area contributed by atoms with Crippen molar-refractivity contribution >= 4 is 0 Å². The molecule has 1 aromatic rings. The van der Waals surface area contributed by atoms with Crippen LogP contribution in [0.5, 0.6) is 0 Å². The van der Waals surface area contributed by atoms with Crippen LogP contribution >= 0.6 is 0 Å². The Balaban J connectivity index is 2.04. The van der Waals surface area contributed by atoms with Crippen LogP contribution in [0.4, 0.5) is 0 Å². The average Bonchev–Trinajstić information content (AvgIpc) is 2.78. The van der Waals surface area contributed by atoms with Crippen LogP contribution < -0.4 is 11.1 Å². The lowest BCUT2D eigenvalue weighted by molar-refractivity contribution is 0.353. The Morgan fingerprint density at radius 2 is 2.33 bits per heavy atom. The zero-order valence-corrected chi connectivity index (χ0v) is 12.0. The minimum absolute atomic E-state index is 0.234. The number of hydrogen-bond acceptors (Lipinski definition) is 3. The van der Waals surface area contributed by atoms with Crippen LogP contribution in [0.1, 0.15) is 50.4 Å². The summed E-state index contributed by atoms with van der Waals surface area (Å²) in [5, 5.41) is 8.12. The highest BCUT2D eigenvalue weighted by Gasteiger charge is 2.32. The van der Waals surface area contributed by atoms with Crippen LogP contribution in [-0.4, -0.2) is 22.4 Å². The lowest BCUT2D eigenvalue weighted by atomic mass is 9.91. The number of nitrogens with zero attached hydrogens (tertiary/aromatic N) is 2. The minimum atomic E-state index is 0.234. The van der Waals surface area contributed by atoms with Gasteiger partial charge in [0, 0.05) is 37.4 Å². The van der Waals surface area contributed by atoms with Gasteiger partial charge in [-0.2, -0.15) is 5.10 Å². The van der Waals surface area contributed by atoms with Crippen LogP contribution in [-0.2, 0) is 7.05 Å². The lowest BCUT2D eigenvalue weighted by Crippen LogP contribution is -2.36. The first-order chi connectivity index (χ1) is 8.41. The van der Waals surface area contributed by atoms with Gasteiger partial charge in [0.15, 0.2) is 0 Å². The normalized spacial score (nSPS) is 24.4. The Morgan fingerprint density at radius 1 is 1.61 bits per heavy atom. The third-order valence-electron chi connectivity index (χ3n) is 4.07. The van der Waals surface area contributed by atoms with Gasteiger partial charge >= 0.3 is 0 Å². The summed E-state index contributed by atoms with van der Waals surface area (Å²) in [4.78, 5) is 0. The number of aryl methyl sites for hydroxylation is 2. The molecular formula is C14H26N4. The van der Waals surface area contributed by atoms with Gasteiger partial charge in [-0.25, -0.2) is 0 Å². The van der Waals surface area contributed by atoms with Crippen molar-refractivity contribution in [1.29, 1.82) is 0 Å². The van der Waals surface area contributed by atoms with Crippen molar-refractivity contribution in [3.05, 3.63) is 17.5 Å². The second kappa shape index (κ2) is 5.02. The number of nitrogens with one attached hydrogen (secondary N) is 1. The molecule has 0 saturated heterocycles. The van der Waals surface area contributed by atoms with Gasteiger partial charge in [-0.3, -0.25) is 4.68 Å². The summed E-state index contributed by atoms with van der Waals surface area (Å²) in [6.45, 7) is 7.38. The predicted molar refractivity (Wildman–Crippen MR) is 74.3 cm³/mol. The second-order valence-electron chi connectivity index (χ2n) is 6.40. The number of nitrogens with two attached hydrogens (primary N) is 1. The van der Waals surface area contributed by atoms with Crippen molar-refractivity contribution in [2.75, 3.05) is 6.54 Å². The fraction of sp³-hybridized carbons (Fsp3) is 0.786. The van der Waals surface area contributed by atoms with E-state index in [4.69, 9.17) is 5.73 Å². The maximum absolute atomic E-state index is 5.93. The van der Waals surface area contributed by atoms with Crippen LogP contribution in [0.3, 0.4) is 0 Å². The number of aromatic nitrogens is 2. The largest absolute Gasteiger partial charge is 0.329 e. The molecule has 1 aromatic heterocycles. The Kier molecular flexibility index (Phi) is 3.78. The molecule has 2 atom stereocenters. The molecule has 2 rings (SSSR count). The van der Waals surface area contributed by atoms with Crippen LogP contribution in [0, 0.1) is 12.3 Å². The van der Waals surface area contributed by atoms with Gasteiger partial charge in [-0.1, -0.05) is 13.8 Å². The van der Waals surface area contributed by atoms with Gasteiger partial charge in [0.05, 0.1) is 5.69 Å². The lowest BCUT2D eigenvalue weighted by Gasteiger charge is -2.23. The highest BCUT2D eigenvalue weighted by molar-refractivity contribution is 5.20. The SMILES string of the molecule is Cc1nn(C)cc1C(CN)NC1CCC(C)(C)C1. The monoisotopic (exact) mass is 250 g/mol. The summed E-state index contributed by atoms with van der Waals surface area (Å²) in [7, 11) is 1.96. The molecule has 0 aromatic carbocycles. The van der Waals surface area contributed by atoms with Gasteiger partial charge in [0.1, 0.15) is 0 Å². The van der Waals surface area contributed by atoms with E-state index in [1.54, 1.807) is 0 Å². The number of hydrogen-bond donors (Lipinski definition) is 2. The first-order valence-corrected chi connectivity index (χ1v) is 6.87. The van der Waals surface area contributed by atoms with E-state index >= 15 is 0 Å². The van der Waals surface area contributed by atoms with Gasteiger partial charge in [0.2, 0.25) is 0 Å². The molecular weight excluding hydrogens is 224 g/mol. The molecule has 1 heterocycles. The highest BCUT2D eigenvalue weighted by Crippen LogP contribution is 2.37. The van der Waals surface area contributed by atoms with E-state index in [0.29, 0.717) is 18.0 Å². The van der Waals surface area contributed by atoms with Crippen molar-refractivity contribution in [2.45, 2.75) is 52.1 Å². The van der Waals surface area contributed by atoms with E-state index in [1.165, 1.54) is 24.8 Å². The van der Waals surface area contributed by atoms with Gasteiger partial charge in [0.25, 0.3) is 0 Å². The molecule has 0 radical (unpaired) electrons. The summed E-state index contributed by atoms with van der Waals surface area (Å²) in [6, 6.07) is 0.825. The van der Waals surface area contributed by atoms with Crippen molar-refractivity contribution < 1.29 is 0 Å². The van der Waals surface area contributed by atoms with Crippen LogP contribution in [0.2, 0.25) is 0 Å². The van der Waals surface area contributed by atoms with Crippen LogP contribution in [0.25, 0.3) is 0 Å². The molecule has 1 saturated carbocycles. The van der Waals surface area contributed by atoms with E-state index in [9.17, 15) is 0 Å². The maximum Gasteiger partial charge on any atom is 0.0641 e. The second-order valence-corrected chi connectivity index (χ2v) is 6.40. The molecule has 4 heteroatoms. The van der Waals surface area contributed by atoms with E-state index in [-0.39, 0.29) is 6.04 Å². The van der Waals surface area contributed by atoms with Gasteiger partial charge < -0.3 is 11.1 Å².